The van der Waals surface area contributed by atoms with Gasteiger partial charge in [-0.2, -0.15) is 0 Å². The first-order valence-electron chi connectivity index (χ1n) is 7.38. The first-order valence-corrected chi connectivity index (χ1v) is 7.38. The summed E-state index contributed by atoms with van der Waals surface area (Å²) in [6, 6.07) is 23.8. The minimum absolute atomic E-state index is 0.119. The molecule has 3 rings (SSSR count). The Hall–Kier alpha value is -3.18. The van der Waals surface area contributed by atoms with Crippen molar-refractivity contribution in [3.05, 3.63) is 78.4 Å². The summed E-state index contributed by atoms with van der Waals surface area (Å²) >= 11 is 0. The molecule has 0 atom stereocenters. The van der Waals surface area contributed by atoms with Crippen molar-refractivity contribution < 1.29 is 5.11 Å². The number of benzene rings is 3. The molecular formula is C21H17NO. The molecule has 3 aromatic rings. The molecule has 0 unspecified atom stereocenters. The summed E-state index contributed by atoms with van der Waals surface area (Å²) in [5, 5.41) is 10.0. The lowest BCUT2D eigenvalue weighted by molar-refractivity contribution is 0.474. The number of aromatic hydroxyl groups is 1. The third-order valence-electron chi connectivity index (χ3n) is 3.87. The minimum Gasteiger partial charge on any atom is -0.507 e. The maximum atomic E-state index is 10.0. The Kier molecular flexibility index (Phi) is 4.03. The molecule has 112 valence electrons. The van der Waals surface area contributed by atoms with Crippen LogP contribution in [-0.2, 0) is 0 Å². The fourth-order valence-electron chi connectivity index (χ4n) is 2.62. The Balaban J connectivity index is 2.06. The monoisotopic (exact) mass is 299 g/mol. The van der Waals surface area contributed by atoms with Gasteiger partial charge in [0.1, 0.15) is 5.75 Å². The lowest BCUT2D eigenvalue weighted by atomic mass is 10.0. The largest absolute Gasteiger partial charge is 0.507 e. The number of hydrogen-bond acceptors (Lipinski definition) is 2. The predicted octanol–water partition coefficient (Wildman–Crippen LogP) is 4.81. The molecule has 1 N–H and O–H groups in total. The van der Waals surface area contributed by atoms with Crippen LogP contribution in [0.5, 0.6) is 5.75 Å². The summed E-state index contributed by atoms with van der Waals surface area (Å²) in [4.78, 5) is 2.04. The van der Waals surface area contributed by atoms with Crippen molar-refractivity contribution in [1.29, 1.82) is 0 Å². The van der Waals surface area contributed by atoms with E-state index >= 15 is 0 Å². The van der Waals surface area contributed by atoms with Crippen molar-refractivity contribution in [1.82, 2.24) is 0 Å². The van der Waals surface area contributed by atoms with Crippen LogP contribution in [0.4, 0.5) is 11.4 Å². The van der Waals surface area contributed by atoms with E-state index in [1.807, 2.05) is 48.3 Å². The maximum Gasteiger partial charge on any atom is 0.133 e. The number of terminal acetylenes is 1. The van der Waals surface area contributed by atoms with E-state index in [2.05, 4.69) is 30.2 Å². The number of hydrogen-bond donors (Lipinski definition) is 1. The molecule has 0 aliphatic carbocycles. The van der Waals surface area contributed by atoms with Crippen molar-refractivity contribution in [2.45, 2.75) is 0 Å². The zero-order chi connectivity index (χ0) is 16.2. The Labute approximate surface area is 136 Å². The highest BCUT2D eigenvalue weighted by Gasteiger charge is 2.11. The summed E-state index contributed by atoms with van der Waals surface area (Å²) in [6.07, 6.45) is 5.36. The number of nitrogens with zero attached hydrogens (tertiary/aromatic N) is 1. The molecule has 0 radical (unpaired) electrons. The van der Waals surface area contributed by atoms with Gasteiger partial charge in [-0.05, 0) is 23.8 Å². The van der Waals surface area contributed by atoms with Crippen molar-refractivity contribution in [2.75, 3.05) is 11.9 Å². The molecule has 23 heavy (non-hydrogen) atoms. The Morgan fingerprint density at radius 3 is 2.30 bits per heavy atom. The molecule has 0 aromatic heterocycles. The summed E-state index contributed by atoms with van der Waals surface area (Å²) in [6.45, 7) is 0. The second kappa shape index (κ2) is 6.29. The molecule has 0 saturated heterocycles. The molecule has 0 spiro atoms. The molecule has 0 fully saturated rings. The molecule has 0 heterocycles. The SMILES string of the molecule is C#Cc1ccc(N(C)c2ccccc2-c2ccccc2)cc1O. The van der Waals surface area contributed by atoms with Crippen LogP contribution in [0.15, 0.2) is 72.8 Å². The van der Waals surface area contributed by atoms with E-state index in [1.165, 1.54) is 0 Å². The topological polar surface area (TPSA) is 23.5 Å². The molecule has 2 nitrogen and oxygen atoms in total. The highest BCUT2D eigenvalue weighted by atomic mass is 16.3. The van der Waals surface area contributed by atoms with Gasteiger partial charge < -0.3 is 10.0 Å². The van der Waals surface area contributed by atoms with E-state index in [1.54, 1.807) is 12.1 Å². The van der Waals surface area contributed by atoms with Gasteiger partial charge >= 0.3 is 0 Å². The van der Waals surface area contributed by atoms with Crippen LogP contribution in [0.3, 0.4) is 0 Å². The normalized spacial score (nSPS) is 10.1. The number of rotatable bonds is 3. The highest BCUT2D eigenvalue weighted by molar-refractivity contribution is 5.82. The summed E-state index contributed by atoms with van der Waals surface area (Å²) in [5.74, 6) is 2.59. The standard InChI is InChI=1S/C21H17NO/c1-3-16-13-14-18(15-21(16)23)22(2)20-12-8-7-11-19(20)17-9-5-4-6-10-17/h1,4-15,23H,2H3. The summed E-state index contributed by atoms with van der Waals surface area (Å²) in [7, 11) is 1.98. The zero-order valence-electron chi connectivity index (χ0n) is 12.9. The van der Waals surface area contributed by atoms with Crippen molar-refractivity contribution in [3.8, 4) is 29.2 Å². The average Bonchev–Trinajstić information content (AvgIpc) is 2.62. The molecule has 3 aromatic carbocycles. The van der Waals surface area contributed by atoms with Crippen LogP contribution >= 0.6 is 0 Å². The van der Waals surface area contributed by atoms with E-state index in [-0.39, 0.29) is 5.75 Å². The van der Waals surface area contributed by atoms with Crippen LogP contribution in [0.2, 0.25) is 0 Å². The number of para-hydroxylation sites is 1. The van der Waals surface area contributed by atoms with Crippen LogP contribution in [0, 0.1) is 12.3 Å². The summed E-state index contributed by atoms with van der Waals surface area (Å²) < 4.78 is 0. The second-order valence-electron chi connectivity index (χ2n) is 5.29. The van der Waals surface area contributed by atoms with Gasteiger partial charge in [-0.15, -0.1) is 6.42 Å². The van der Waals surface area contributed by atoms with Crippen LogP contribution in [0.1, 0.15) is 5.56 Å². The van der Waals surface area contributed by atoms with E-state index in [0.717, 1.165) is 22.5 Å². The molecule has 0 bridgehead atoms. The lowest BCUT2D eigenvalue weighted by Crippen LogP contribution is -2.10. The van der Waals surface area contributed by atoms with E-state index < -0.39 is 0 Å². The van der Waals surface area contributed by atoms with Gasteiger partial charge in [-0.25, -0.2) is 0 Å². The molecule has 2 heteroatoms. The third-order valence-corrected chi connectivity index (χ3v) is 3.87. The van der Waals surface area contributed by atoms with E-state index in [0.29, 0.717) is 5.56 Å². The minimum atomic E-state index is 0.119. The smallest absolute Gasteiger partial charge is 0.133 e. The zero-order valence-corrected chi connectivity index (χ0v) is 12.9. The van der Waals surface area contributed by atoms with Gasteiger partial charge in [-0.1, -0.05) is 54.5 Å². The molecule has 0 aliphatic heterocycles. The van der Waals surface area contributed by atoms with Crippen LogP contribution in [0.25, 0.3) is 11.1 Å². The van der Waals surface area contributed by atoms with E-state index in [4.69, 9.17) is 6.42 Å². The summed E-state index contributed by atoms with van der Waals surface area (Å²) in [5.41, 5.74) is 4.73. The Morgan fingerprint density at radius 1 is 0.913 bits per heavy atom. The Morgan fingerprint density at radius 2 is 1.61 bits per heavy atom. The van der Waals surface area contributed by atoms with Crippen LogP contribution < -0.4 is 4.90 Å². The first kappa shape index (κ1) is 14.7. The molecule has 0 amide bonds. The van der Waals surface area contributed by atoms with Gasteiger partial charge in [-0.3, -0.25) is 0 Å². The molecule has 0 aliphatic rings. The molecular weight excluding hydrogens is 282 g/mol. The number of phenolic OH excluding ortho intramolecular Hbond substituents is 1. The highest BCUT2D eigenvalue weighted by Crippen LogP contribution is 2.35. The van der Waals surface area contributed by atoms with Gasteiger partial charge in [0.2, 0.25) is 0 Å². The number of phenols is 1. The maximum absolute atomic E-state index is 10.0. The third kappa shape index (κ3) is 2.90. The van der Waals surface area contributed by atoms with E-state index in [9.17, 15) is 5.11 Å². The van der Waals surface area contributed by atoms with Crippen molar-refractivity contribution in [2.24, 2.45) is 0 Å². The lowest BCUT2D eigenvalue weighted by Gasteiger charge is -2.23. The predicted molar refractivity (Wildman–Crippen MR) is 96.0 cm³/mol. The van der Waals surface area contributed by atoms with Gasteiger partial charge in [0.25, 0.3) is 0 Å². The van der Waals surface area contributed by atoms with Gasteiger partial charge in [0.15, 0.2) is 0 Å². The fraction of sp³-hybridized carbons (Fsp3) is 0.0476. The van der Waals surface area contributed by atoms with Crippen molar-refractivity contribution in [3.63, 3.8) is 0 Å². The van der Waals surface area contributed by atoms with Crippen LogP contribution in [-0.4, -0.2) is 12.2 Å². The molecule has 0 saturated carbocycles. The number of anilines is 2. The second-order valence-corrected chi connectivity index (χ2v) is 5.29. The van der Waals surface area contributed by atoms with Crippen molar-refractivity contribution >= 4 is 11.4 Å². The Bertz CT molecular complexity index is 863. The quantitative estimate of drug-likeness (QED) is 0.702. The van der Waals surface area contributed by atoms with Gasteiger partial charge in [0, 0.05) is 30.1 Å². The van der Waals surface area contributed by atoms with Gasteiger partial charge in [0.05, 0.1) is 5.56 Å². The average molecular weight is 299 g/mol. The first-order chi connectivity index (χ1) is 11.2. The fourth-order valence-corrected chi connectivity index (χ4v) is 2.62.